The molecule has 0 atom stereocenters. The largest absolute Gasteiger partial charge is 0.493 e. The highest BCUT2D eigenvalue weighted by Crippen LogP contribution is 2.21. The number of rotatable bonds is 7. The van der Waals surface area contributed by atoms with Gasteiger partial charge in [0.15, 0.2) is 0 Å². The van der Waals surface area contributed by atoms with E-state index in [-0.39, 0.29) is 0 Å². The predicted octanol–water partition coefficient (Wildman–Crippen LogP) is 4.34. The van der Waals surface area contributed by atoms with Gasteiger partial charge in [-0.05, 0) is 24.5 Å². The van der Waals surface area contributed by atoms with Gasteiger partial charge in [-0.2, -0.15) is 0 Å². The molecule has 0 radical (unpaired) electrons. The van der Waals surface area contributed by atoms with Gasteiger partial charge in [0, 0.05) is 24.6 Å². The normalized spacial score (nSPS) is 15.1. The van der Waals surface area contributed by atoms with Crippen molar-refractivity contribution in [3.8, 4) is 5.75 Å². The molecule has 1 aliphatic carbocycles. The van der Waals surface area contributed by atoms with Crippen molar-refractivity contribution in [2.45, 2.75) is 44.7 Å². The number of benzene rings is 2. The van der Waals surface area contributed by atoms with Gasteiger partial charge in [-0.1, -0.05) is 61.4 Å². The molecule has 0 aromatic heterocycles. The molecule has 0 unspecified atom stereocenters. The fraction of sp³-hybridized carbons (Fsp3) is 0.400. The summed E-state index contributed by atoms with van der Waals surface area (Å²) in [5.74, 6) is 1.02. The Labute approximate surface area is 133 Å². The van der Waals surface area contributed by atoms with Crippen LogP contribution in [0.15, 0.2) is 54.6 Å². The maximum Gasteiger partial charge on any atom is 0.123 e. The summed E-state index contributed by atoms with van der Waals surface area (Å²) < 4.78 is 6.02. The first-order valence-electron chi connectivity index (χ1n) is 8.40. The molecular weight excluding hydrogens is 270 g/mol. The van der Waals surface area contributed by atoms with Crippen molar-refractivity contribution in [1.82, 2.24) is 5.32 Å². The Bertz CT molecular complexity index is 561. The zero-order valence-corrected chi connectivity index (χ0v) is 13.1. The quantitative estimate of drug-likeness (QED) is 0.820. The van der Waals surface area contributed by atoms with E-state index in [1.54, 1.807) is 0 Å². The molecule has 2 heteroatoms. The van der Waals surface area contributed by atoms with Gasteiger partial charge in [-0.3, -0.25) is 0 Å². The molecular formula is C20H25NO. The molecule has 0 spiro atoms. The molecule has 1 aliphatic rings. The third kappa shape index (κ3) is 4.35. The zero-order chi connectivity index (χ0) is 15.0. The van der Waals surface area contributed by atoms with E-state index in [1.807, 2.05) is 6.07 Å². The van der Waals surface area contributed by atoms with Gasteiger partial charge in [0.2, 0.25) is 0 Å². The number of hydrogen-bond donors (Lipinski definition) is 1. The van der Waals surface area contributed by atoms with Crippen LogP contribution in [0.25, 0.3) is 0 Å². The van der Waals surface area contributed by atoms with Crippen molar-refractivity contribution in [2.24, 2.45) is 0 Å². The second-order valence-electron chi connectivity index (χ2n) is 6.05. The van der Waals surface area contributed by atoms with E-state index in [2.05, 4.69) is 53.8 Å². The van der Waals surface area contributed by atoms with E-state index in [0.29, 0.717) is 6.04 Å². The second-order valence-corrected chi connectivity index (χ2v) is 6.05. The minimum Gasteiger partial charge on any atom is -0.493 e. The van der Waals surface area contributed by atoms with E-state index in [9.17, 15) is 0 Å². The smallest absolute Gasteiger partial charge is 0.123 e. The van der Waals surface area contributed by atoms with E-state index < -0.39 is 0 Å². The van der Waals surface area contributed by atoms with Gasteiger partial charge < -0.3 is 10.1 Å². The third-order valence-corrected chi connectivity index (χ3v) is 4.40. The monoisotopic (exact) mass is 295 g/mol. The fourth-order valence-corrected chi connectivity index (χ4v) is 3.10. The Balaban J connectivity index is 1.51. The number of nitrogens with one attached hydrogen (secondary N) is 1. The summed E-state index contributed by atoms with van der Waals surface area (Å²) in [5, 5.41) is 3.67. The van der Waals surface area contributed by atoms with Crippen LogP contribution in [0.1, 0.15) is 36.8 Å². The summed E-state index contributed by atoms with van der Waals surface area (Å²) >= 11 is 0. The number of para-hydroxylation sites is 1. The molecule has 0 aliphatic heterocycles. The molecule has 2 aromatic carbocycles. The highest BCUT2D eigenvalue weighted by Gasteiger charge is 2.14. The minimum absolute atomic E-state index is 0.692. The SMILES string of the molecule is c1ccc(CCOc2ccccc2CNC2CCCC2)cc1. The van der Waals surface area contributed by atoms with Gasteiger partial charge >= 0.3 is 0 Å². The lowest BCUT2D eigenvalue weighted by molar-refractivity contribution is 0.317. The highest BCUT2D eigenvalue weighted by molar-refractivity contribution is 5.33. The summed E-state index contributed by atoms with van der Waals surface area (Å²) in [6.45, 7) is 1.64. The maximum absolute atomic E-state index is 6.02. The Morgan fingerprint density at radius 2 is 1.64 bits per heavy atom. The van der Waals surface area contributed by atoms with Crippen LogP contribution in [-0.4, -0.2) is 12.6 Å². The predicted molar refractivity (Wildman–Crippen MR) is 91.2 cm³/mol. The second kappa shape index (κ2) is 8.00. The molecule has 22 heavy (non-hydrogen) atoms. The van der Waals surface area contributed by atoms with E-state index in [0.717, 1.165) is 25.3 Å². The van der Waals surface area contributed by atoms with Crippen molar-refractivity contribution >= 4 is 0 Å². The van der Waals surface area contributed by atoms with Crippen LogP contribution in [0.2, 0.25) is 0 Å². The van der Waals surface area contributed by atoms with Crippen molar-refractivity contribution in [1.29, 1.82) is 0 Å². The van der Waals surface area contributed by atoms with Crippen molar-refractivity contribution in [3.05, 3.63) is 65.7 Å². The van der Waals surface area contributed by atoms with Crippen molar-refractivity contribution in [3.63, 3.8) is 0 Å². The molecule has 0 saturated heterocycles. The third-order valence-electron chi connectivity index (χ3n) is 4.40. The molecule has 3 rings (SSSR count). The van der Waals surface area contributed by atoms with Crippen LogP contribution in [0.4, 0.5) is 0 Å². The van der Waals surface area contributed by atoms with Crippen molar-refractivity contribution in [2.75, 3.05) is 6.61 Å². The van der Waals surface area contributed by atoms with Crippen LogP contribution in [-0.2, 0) is 13.0 Å². The van der Waals surface area contributed by atoms with Gasteiger partial charge in [-0.25, -0.2) is 0 Å². The van der Waals surface area contributed by atoms with E-state index >= 15 is 0 Å². The van der Waals surface area contributed by atoms with Gasteiger partial charge in [0.05, 0.1) is 6.61 Å². The molecule has 1 fully saturated rings. The summed E-state index contributed by atoms with van der Waals surface area (Å²) in [6.07, 6.45) is 6.32. The molecule has 2 nitrogen and oxygen atoms in total. The maximum atomic E-state index is 6.02. The van der Waals surface area contributed by atoms with Gasteiger partial charge in [-0.15, -0.1) is 0 Å². The average Bonchev–Trinajstić information content (AvgIpc) is 3.08. The van der Waals surface area contributed by atoms with Crippen LogP contribution in [0.3, 0.4) is 0 Å². The standard InChI is InChI=1S/C20H25NO/c1-2-8-17(9-3-1)14-15-22-20-13-7-4-10-18(20)16-21-19-11-5-6-12-19/h1-4,7-10,13,19,21H,5-6,11-12,14-16H2. The summed E-state index contributed by atoms with van der Waals surface area (Å²) in [6, 6.07) is 19.6. The van der Waals surface area contributed by atoms with Crippen LogP contribution in [0, 0.1) is 0 Å². The van der Waals surface area contributed by atoms with Crippen LogP contribution in [0.5, 0.6) is 5.75 Å². The van der Waals surface area contributed by atoms with Gasteiger partial charge in [0.25, 0.3) is 0 Å². The van der Waals surface area contributed by atoms with E-state index in [1.165, 1.54) is 36.8 Å². The molecule has 1 N–H and O–H groups in total. The molecule has 2 aromatic rings. The Kier molecular flexibility index (Phi) is 5.49. The average molecular weight is 295 g/mol. The number of hydrogen-bond acceptors (Lipinski definition) is 2. The molecule has 1 saturated carbocycles. The van der Waals surface area contributed by atoms with Crippen molar-refractivity contribution < 1.29 is 4.74 Å². The number of ether oxygens (including phenoxy) is 1. The molecule has 0 amide bonds. The minimum atomic E-state index is 0.692. The lowest BCUT2D eigenvalue weighted by Crippen LogP contribution is -2.25. The first kappa shape index (κ1) is 15.1. The summed E-state index contributed by atoms with van der Waals surface area (Å²) in [4.78, 5) is 0. The first-order chi connectivity index (χ1) is 10.9. The van der Waals surface area contributed by atoms with Crippen LogP contribution >= 0.6 is 0 Å². The topological polar surface area (TPSA) is 21.3 Å². The Morgan fingerprint density at radius 3 is 2.45 bits per heavy atom. The lowest BCUT2D eigenvalue weighted by atomic mass is 10.1. The Hall–Kier alpha value is -1.80. The highest BCUT2D eigenvalue weighted by atomic mass is 16.5. The summed E-state index contributed by atoms with van der Waals surface area (Å²) in [5.41, 5.74) is 2.59. The lowest BCUT2D eigenvalue weighted by Gasteiger charge is -2.15. The first-order valence-corrected chi connectivity index (χ1v) is 8.40. The summed E-state index contributed by atoms with van der Waals surface area (Å²) in [7, 11) is 0. The zero-order valence-electron chi connectivity index (χ0n) is 13.1. The molecule has 0 heterocycles. The van der Waals surface area contributed by atoms with Crippen LogP contribution < -0.4 is 10.1 Å². The Morgan fingerprint density at radius 1 is 0.909 bits per heavy atom. The molecule has 116 valence electrons. The molecule has 0 bridgehead atoms. The van der Waals surface area contributed by atoms with E-state index in [4.69, 9.17) is 4.74 Å². The van der Waals surface area contributed by atoms with Gasteiger partial charge in [0.1, 0.15) is 5.75 Å². The fourth-order valence-electron chi connectivity index (χ4n) is 3.10.